The van der Waals surface area contributed by atoms with Gasteiger partial charge in [0.15, 0.2) is 0 Å². The van der Waals surface area contributed by atoms with Crippen LogP contribution < -0.4 is 69.7 Å². The molecule has 12 heteroatoms. The topological polar surface area (TPSA) is 111 Å². The van der Waals surface area contributed by atoms with Crippen LogP contribution in [-0.2, 0) is 19.5 Å². The molecule has 2 aromatic rings. The maximum atomic E-state index is 11.1. The zero-order valence-corrected chi connectivity index (χ0v) is 19.5. The zero-order chi connectivity index (χ0) is 16.3. The van der Waals surface area contributed by atoms with Gasteiger partial charge in [0.2, 0.25) is 0 Å². The number of nitrogens with one attached hydrogen (secondary N) is 1. The molecule has 0 bridgehead atoms. The van der Waals surface area contributed by atoms with Crippen LogP contribution in [0.5, 0.6) is 0 Å². The number of rotatable bonds is 5. The molecule has 0 saturated heterocycles. The molecule has 0 fully saturated rings. The molecule has 0 aromatic heterocycles. The summed E-state index contributed by atoms with van der Waals surface area (Å²) < 4.78 is 37.6. The van der Waals surface area contributed by atoms with E-state index in [4.69, 9.17) is 12.2 Å². The van der Waals surface area contributed by atoms with Crippen molar-refractivity contribution < 1.29 is 86.7 Å². The Hall–Kier alpha value is 0.730. The molecule has 118 valence electrons. The van der Waals surface area contributed by atoms with Gasteiger partial charge in [0.1, 0.15) is 10.1 Å². The Morgan fingerprint density at radius 2 is 1.92 bits per heavy atom. The van der Waals surface area contributed by atoms with E-state index >= 15 is 0 Å². The molecule has 2 rings (SSSR count). The third-order valence-corrected chi connectivity index (χ3v) is 4.14. The first-order valence-electron chi connectivity index (χ1n) is 5.76. The van der Waals surface area contributed by atoms with E-state index in [1.165, 1.54) is 18.2 Å². The predicted molar refractivity (Wildman–Crippen MR) is 81.8 cm³/mol. The summed E-state index contributed by atoms with van der Waals surface area (Å²) in [5.41, 5.74) is 0.580. The molecule has 0 heterocycles. The molecule has 0 unspecified atom stereocenters. The fourth-order valence-electron chi connectivity index (χ4n) is 1.87. The van der Waals surface area contributed by atoms with Gasteiger partial charge in [0.05, 0.1) is 21.9 Å². The van der Waals surface area contributed by atoms with E-state index in [1.807, 2.05) is 0 Å². The monoisotopic (exact) mass is 405 g/mol. The Labute approximate surface area is 192 Å². The molecule has 0 saturated carbocycles. The third kappa shape index (κ3) is 6.80. The summed E-state index contributed by atoms with van der Waals surface area (Å²) in [5, 5.41) is 17.3. The van der Waals surface area contributed by atoms with Gasteiger partial charge in [-0.2, -0.15) is 4.33 Å². The van der Waals surface area contributed by atoms with Crippen LogP contribution in [0.15, 0.2) is 40.1 Å². The van der Waals surface area contributed by atoms with Crippen molar-refractivity contribution in [2.24, 2.45) is 0 Å². The predicted octanol–water partition coefficient (Wildman–Crippen LogP) is -4.26. The molecular weight excluding hydrogens is 396 g/mol. The van der Waals surface area contributed by atoms with Crippen molar-refractivity contribution in [3.05, 3.63) is 30.3 Å². The van der Waals surface area contributed by atoms with Crippen molar-refractivity contribution in [2.45, 2.75) is 16.7 Å². The van der Waals surface area contributed by atoms with Crippen molar-refractivity contribution in [3.63, 3.8) is 0 Å². The Bertz CT molecular complexity index is 831. The van der Waals surface area contributed by atoms with Crippen LogP contribution in [0.2, 0.25) is 0 Å². The number of fused-ring (bicyclic) bond motifs is 1. The third-order valence-electron chi connectivity index (χ3n) is 2.65. The van der Waals surface area contributed by atoms with E-state index in [0.717, 1.165) is 0 Å². The second-order valence-electron chi connectivity index (χ2n) is 4.21. The van der Waals surface area contributed by atoms with E-state index in [0.29, 0.717) is 38.4 Å². The standard InChI is InChI=1S/C12H11NO6S3.2Na/c1-7(20)13-12-6-9(21-19-18-14)4-8-5-10(22(15,16)17)2-3-11(8)12;;/h2-6,14H,1H3,(H,13,20)(H,15,16,17);;/q;2*+1/p-2. The van der Waals surface area contributed by atoms with Crippen molar-refractivity contribution in [1.82, 2.24) is 0 Å². The molecule has 0 radical (unpaired) electrons. The second-order valence-corrected chi connectivity index (χ2v) is 6.97. The number of benzene rings is 2. The minimum atomic E-state index is -4.57. The first kappa shape index (κ1) is 24.7. The van der Waals surface area contributed by atoms with Gasteiger partial charge in [-0.25, -0.2) is 8.42 Å². The van der Waals surface area contributed by atoms with Crippen LogP contribution in [-0.4, -0.2) is 18.0 Å². The van der Waals surface area contributed by atoms with Crippen molar-refractivity contribution in [2.75, 3.05) is 5.32 Å². The Morgan fingerprint density at radius 1 is 1.25 bits per heavy atom. The average Bonchev–Trinajstić information content (AvgIpc) is 2.43. The van der Waals surface area contributed by atoms with Crippen LogP contribution in [0.1, 0.15) is 6.92 Å². The molecule has 0 aliphatic heterocycles. The van der Waals surface area contributed by atoms with Gasteiger partial charge in [-0.05, 0) is 36.6 Å². The van der Waals surface area contributed by atoms with Crippen LogP contribution in [0.25, 0.3) is 10.8 Å². The second kappa shape index (κ2) is 10.8. The van der Waals surface area contributed by atoms with Gasteiger partial charge in [0, 0.05) is 16.0 Å². The Kier molecular flexibility index (Phi) is 11.1. The molecule has 0 amide bonds. The fraction of sp³-hybridized carbons (Fsp3) is 0.0833. The van der Waals surface area contributed by atoms with Crippen LogP contribution in [0, 0.1) is 0 Å². The minimum Gasteiger partial charge on any atom is -0.744 e. The smallest absolute Gasteiger partial charge is 0.744 e. The maximum Gasteiger partial charge on any atom is 1.00 e. The molecule has 0 spiro atoms. The molecule has 2 aromatic carbocycles. The number of hydrogen-bond donors (Lipinski definition) is 1. The van der Waals surface area contributed by atoms with Crippen molar-refractivity contribution in [3.8, 4) is 0 Å². The molecule has 24 heavy (non-hydrogen) atoms. The van der Waals surface area contributed by atoms with Gasteiger partial charge < -0.3 is 15.1 Å². The van der Waals surface area contributed by atoms with Gasteiger partial charge in [-0.15, -0.1) is 0 Å². The summed E-state index contributed by atoms with van der Waals surface area (Å²) >= 11 is 5.63. The summed E-state index contributed by atoms with van der Waals surface area (Å²) in [6.45, 7) is 1.68. The molecule has 7 nitrogen and oxygen atoms in total. The SMILES string of the molecule is CC(=S)Nc1cc(SOO[O-])cc2cc(S(=O)(=O)[O-])ccc12.[Na+].[Na+]. The molecule has 0 aliphatic carbocycles. The van der Waals surface area contributed by atoms with Crippen LogP contribution >= 0.6 is 24.3 Å². The summed E-state index contributed by atoms with van der Waals surface area (Å²) in [4.78, 5) is 0.598. The first-order chi connectivity index (χ1) is 10.3. The van der Waals surface area contributed by atoms with Crippen LogP contribution in [0.3, 0.4) is 0 Å². The minimum absolute atomic E-state index is 0. The summed E-state index contributed by atoms with van der Waals surface area (Å²) in [7, 11) is -4.57. The van der Waals surface area contributed by atoms with Gasteiger partial charge in [0.25, 0.3) is 0 Å². The van der Waals surface area contributed by atoms with Gasteiger partial charge in [-0.1, -0.05) is 18.3 Å². The van der Waals surface area contributed by atoms with Crippen LogP contribution in [0.4, 0.5) is 5.69 Å². The van der Waals surface area contributed by atoms with E-state index in [1.54, 1.807) is 19.1 Å². The zero-order valence-electron chi connectivity index (χ0n) is 13.1. The first-order valence-corrected chi connectivity index (χ1v) is 8.31. The van der Waals surface area contributed by atoms with Gasteiger partial charge >= 0.3 is 59.1 Å². The molecule has 0 aliphatic rings. The summed E-state index contributed by atoms with van der Waals surface area (Å²) in [6.07, 6.45) is 0. The Balaban J connectivity index is 0.00000264. The van der Waals surface area contributed by atoms with E-state index < -0.39 is 10.1 Å². The number of thiocarbonyl (C=S) groups is 1. The normalized spacial score (nSPS) is 10.6. The molecular formula is C12H9NNa2O6S3. The van der Waals surface area contributed by atoms with Gasteiger partial charge in [-0.3, -0.25) is 5.04 Å². The molecule has 0 atom stereocenters. The van der Waals surface area contributed by atoms with E-state index in [9.17, 15) is 18.2 Å². The van der Waals surface area contributed by atoms with Crippen molar-refractivity contribution in [1.29, 1.82) is 0 Å². The van der Waals surface area contributed by atoms with E-state index in [-0.39, 0.29) is 64.0 Å². The average molecular weight is 405 g/mol. The largest absolute Gasteiger partial charge is 1.00 e. The number of anilines is 1. The summed E-state index contributed by atoms with van der Waals surface area (Å²) in [5.74, 6) is 0. The fourth-order valence-corrected chi connectivity index (χ4v) is 2.93. The van der Waals surface area contributed by atoms with Crippen molar-refractivity contribution >= 4 is 55.8 Å². The number of hydrogen-bond acceptors (Lipinski definition) is 8. The van der Waals surface area contributed by atoms with E-state index in [2.05, 4.69) is 14.7 Å². The maximum absolute atomic E-state index is 11.1. The molecule has 1 N–H and O–H groups in total. The quantitative estimate of drug-likeness (QED) is 0.132. The Morgan fingerprint density at radius 3 is 2.46 bits per heavy atom. The summed E-state index contributed by atoms with van der Waals surface area (Å²) in [6, 6.07) is 7.16.